The summed E-state index contributed by atoms with van der Waals surface area (Å²) in [4.78, 5) is 24.5. The van der Waals surface area contributed by atoms with Gasteiger partial charge in [-0.15, -0.1) is 0 Å². The van der Waals surface area contributed by atoms with Crippen LogP contribution in [0, 0.1) is 12.8 Å². The van der Waals surface area contributed by atoms with Crippen molar-refractivity contribution in [3.05, 3.63) is 57.6 Å². The summed E-state index contributed by atoms with van der Waals surface area (Å²) in [6, 6.07) is 7.16. The lowest BCUT2D eigenvalue weighted by Crippen LogP contribution is -2.23. The molecule has 0 unspecified atom stereocenters. The number of benzene rings is 1. The predicted molar refractivity (Wildman–Crippen MR) is 98.6 cm³/mol. The van der Waals surface area contributed by atoms with Crippen molar-refractivity contribution < 1.29 is 17.6 Å². The predicted octanol–water partition coefficient (Wildman–Crippen LogP) is 2.44. The minimum absolute atomic E-state index is 0.112. The van der Waals surface area contributed by atoms with Gasteiger partial charge < -0.3 is 9.73 Å². The molecule has 0 atom stereocenters. The average Bonchev–Trinajstić information content (AvgIpc) is 2.51. The number of hydrogen-bond donors (Lipinski definition) is 2. The molecule has 26 heavy (non-hydrogen) atoms. The van der Waals surface area contributed by atoms with Gasteiger partial charge in [-0.2, -0.15) is 0 Å². The Morgan fingerprint density at radius 2 is 1.96 bits per heavy atom. The Labute approximate surface area is 152 Å². The van der Waals surface area contributed by atoms with E-state index >= 15 is 0 Å². The van der Waals surface area contributed by atoms with E-state index in [9.17, 15) is 18.0 Å². The number of nitrogens with two attached hydrogens (primary N) is 1. The van der Waals surface area contributed by atoms with Crippen LogP contribution in [-0.4, -0.2) is 14.3 Å². The Kier molecular flexibility index (Phi) is 5.99. The Bertz CT molecular complexity index is 977. The van der Waals surface area contributed by atoms with Crippen LogP contribution in [0.4, 0.5) is 5.69 Å². The molecule has 7 nitrogen and oxygen atoms in total. The highest BCUT2D eigenvalue weighted by atomic mass is 32.2. The van der Waals surface area contributed by atoms with Crippen LogP contribution in [0.25, 0.3) is 0 Å². The van der Waals surface area contributed by atoms with Crippen LogP contribution in [-0.2, 0) is 16.4 Å². The number of primary sulfonamides is 1. The highest BCUT2D eigenvalue weighted by Crippen LogP contribution is 2.16. The maximum Gasteiger partial charge on any atom is 0.349 e. The number of carbonyl (C=O) groups is 1. The van der Waals surface area contributed by atoms with E-state index in [0.717, 1.165) is 6.42 Å². The fourth-order valence-corrected chi connectivity index (χ4v) is 3.00. The summed E-state index contributed by atoms with van der Waals surface area (Å²) in [5.41, 5.74) is -0.118. The van der Waals surface area contributed by atoms with Gasteiger partial charge in [0.2, 0.25) is 10.0 Å². The third-order valence-electron chi connectivity index (χ3n) is 3.82. The van der Waals surface area contributed by atoms with Crippen LogP contribution in [0.1, 0.15) is 41.9 Å². The van der Waals surface area contributed by atoms with Gasteiger partial charge in [-0.05, 0) is 49.1 Å². The molecular formula is C18H22N2O5S. The van der Waals surface area contributed by atoms with Gasteiger partial charge in [0.15, 0.2) is 0 Å². The normalized spacial score (nSPS) is 11.6. The van der Waals surface area contributed by atoms with Crippen LogP contribution in [0.5, 0.6) is 0 Å². The quantitative estimate of drug-likeness (QED) is 0.800. The number of carbonyl (C=O) groups excluding carboxylic acids is 1. The summed E-state index contributed by atoms with van der Waals surface area (Å²) in [6.45, 7) is 5.80. The smallest absolute Gasteiger partial charge is 0.349 e. The Hall–Kier alpha value is -2.45. The van der Waals surface area contributed by atoms with Gasteiger partial charge in [0.25, 0.3) is 5.91 Å². The monoisotopic (exact) mass is 378 g/mol. The molecule has 8 heteroatoms. The molecule has 0 spiro atoms. The average molecular weight is 378 g/mol. The highest BCUT2D eigenvalue weighted by molar-refractivity contribution is 7.89. The van der Waals surface area contributed by atoms with Crippen molar-refractivity contribution in [3.63, 3.8) is 0 Å². The lowest BCUT2D eigenvalue weighted by Gasteiger charge is -2.09. The first-order chi connectivity index (χ1) is 12.1. The van der Waals surface area contributed by atoms with Crippen molar-refractivity contribution in [2.24, 2.45) is 11.1 Å². The van der Waals surface area contributed by atoms with E-state index in [4.69, 9.17) is 9.56 Å². The van der Waals surface area contributed by atoms with E-state index in [-0.39, 0.29) is 16.1 Å². The Balaban J connectivity index is 2.26. The number of amides is 1. The summed E-state index contributed by atoms with van der Waals surface area (Å²) in [5, 5.41) is 7.58. The van der Waals surface area contributed by atoms with Crippen molar-refractivity contribution in [2.45, 2.75) is 38.5 Å². The van der Waals surface area contributed by atoms with Crippen molar-refractivity contribution >= 4 is 21.6 Å². The van der Waals surface area contributed by atoms with Crippen molar-refractivity contribution in [1.82, 2.24) is 0 Å². The second kappa shape index (κ2) is 7.84. The van der Waals surface area contributed by atoms with Gasteiger partial charge in [0, 0.05) is 12.1 Å². The lowest BCUT2D eigenvalue weighted by molar-refractivity contribution is 0.102. The first kappa shape index (κ1) is 19.9. The van der Waals surface area contributed by atoms with Gasteiger partial charge in [-0.25, -0.2) is 18.4 Å². The van der Waals surface area contributed by atoms with Crippen LogP contribution in [0.2, 0.25) is 0 Å². The summed E-state index contributed by atoms with van der Waals surface area (Å²) in [7, 11) is -3.89. The van der Waals surface area contributed by atoms with E-state index in [2.05, 4.69) is 19.2 Å². The lowest BCUT2D eigenvalue weighted by atomic mass is 10.0. The zero-order valence-electron chi connectivity index (χ0n) is 14.9. The third-order valence-corrected chi connectivity index (χ3v) is 4.73. The van der Waals surface area contributed by atoms with Crippen LogP contribution in [0.15, 0.2) is 44.4 Å². The molecule has 2 rings (SSSR count). The Morgan fingerprint density at radius 3 is 2.54 bits per heavy atom. The maximum atomic E-state index is 12.4. The molecule has 0 aliphatic carbocycles. The van der Waals surface area contributed by atoms with Gasteiger partial charge in [0.1, 0.15) is 11.3 Å². The number of aryl methyl sites for hydroxylation is 2. The number of nitrogens with one attached hydrogen (secondary N) is 1. The third kappa shape index (κ3) is 5.03. The molecule has 1 amide bonds. The van der Waals surface area contributed by atoms with E-state index in [1.807, 2.05) is 0 Å². The van der Waals surface area contributed by atoms with Gasteiger partial charge in [0.05, 0.1) is 4.90 Å². The zero-order valence-corrected chi connectivity index (χ0v) is 15.7. The van der Waals surface area contributed by atoms with E-state index in [1.165, 1.54) is 24.3 Å². The van der Waals surface area contributed by atoms with Gasteiger partial charge >= 0.3 is 5.63 Å². The van der Waals surface area contributed by atoms with Crippen LogP contribution >= 0.6 is 0 Å². The number of anilines is 1. The molecule has 1 heterocycles. The van der Waals surface area contributed by atoms with Gasteiger partial charge in [-0.1, -0.05) is 19.9 Å². The Morgan fingerprint density at radius 1 is 1.27 bits per heavy atom. The first-order valence-electron chi connectivity index (χ1n) is 8.15. The topological polar surface area (TPSA) is 119 Å². The van der Waals surface area contributed by atoms with Crippen molar-refractivity contribution in [2.75, 3.05) is 5.32 Å². The molecule has 2 aromatic rings. The second-order valence-corrected chi connectivity index (χ2v) is 8.08. The minimum atomic E-state index is -3.89. The second-order valence-electron chi connectivity index (χ2n) is 6.52. The summed E-state index contributed by atoms with van der Waals surface area (Å²) in [5.74, 6) is 0.335. The van der Waals surface area contributed by atoms with E-state index in [0.29, 0.717) is 23.7 Å². The summed E-state index contributed by atoms with van der Waals surface area (Å²) >= 11 is 0. The molecule has 140 valence electrons. The van der Waals surface area contributed by atoms with E-state index < -0.39 is 21.6 Å². The van der Waals surface area contributed by atoms with Gasteiger partial charge in [-0.3, -0.25) is 4.79 Å². The standard InChI is InChI=1S/C18H22N2O5S/c1-11(2)7-8-14-9-12(3)16(18(22)25-14)17(21)20-13-5-4-6-15(10-13)26(19,23)24/h4-6,9-11H,7-8H2,1-3H3,(H,20,21)(H2,19,23,24). The number of sulfonamides is 1. The summed E-state index contributed by atoms with van der Waals surface area (Å²) < 4.78 is 28.0. The molecule has 1 aromatic carbocycles. The van der Waals surface area contributed by atoms with Crippen molar-refractivity contribution in [3.8, 4) is 0 Å². The molecule has 0 saturated carbocycles. The SMILES string of the molecule is Cc1cc(CCC(C)C)oc(=O)c1C(=O)Nc1cccc(S(N)(=O)=O)c1. The van der Waals surface area contributed by atoms with E-state index in [1.54, 1.807) is 13.0 Å². The summed E-state index contributed by atoms with van der Waals surface area (Å²) in [6.07, 6.45) is 1.49. The number of rotatable bonds is 6. The largest absolute Gasteiger partial charge is 0.427 e. The molecule has 0 aliphatic rings. The van der Waals surface area contributed by atoms with Crippen LogP contribution in [0.3, 0.4) is 0 Å². The minimum Gasteiger partial charge on any atom is -0.427 e. The number of hydrogen-bond acceptors (Lipinski definition) is 5. The molecule has 0 bridgehead atoms. The molecule has 3 N–H and O–H groups in total. The molecule has 0 radical (unpaired) electrons. The molecule has 1 aromatic heterocycles. The zero-order chi connectivity index (χ0) is 19.5. The molecule has 0 aliphatic heterocycles. The van der Waals surface area contributed by atoms with Crippen LogP contribution < -0.4 is 16.1 Å². The fourth-order valence-electron chi connectivity index (χ4n) is 2.44. The maximum absolute atomic E-state index is 12.4. The fraction of sp³-hybridized carbons (Fsp3) is 0.333. The van der Waals surface area contributed by atoms with Crippen molar-refractivity contribution in [1.29, 1.82) is 0 Å². The highest BCUT2D eigenvalue weighted by Gasteiger charge is 2.18. The molecule has 0 fully saturated rings. The first-order valence-corrected chi connectivity index (χ1v) is 9.70. The molecular weight excluding hydrogens is 356 g/mol. The molecule has 0 saturated heterocycles.